The van der Waals surface area contributed by atoms with Gasteiger partial charge in [-0.25, -0.2) is 9.37 Å². The molecule has 0 atom stereocenters. The van der Waals surface area contributed by atoms with Crippen LogP contribution in [-0.2, 0) is 0 Å². The molecule has 5 heteroatoms. The first kappa shape index (κ1) is 14.1. The molecule has 0 aliphatic rings. The predicted molar refractivity (Wildman–Crippen MR) is 88.0 cm³/mol. The van der Waals surface area contributed by atoms with Crippen LogP contribution < -0.4 is 0 Å². The minimum absolute atomic E-state index is 0.328. The Morgan fingerprint density at radius 1 is 1.00 bits per heavy atom. The SMILES string of the molecule is Fc1cc(Br)cc(-c2nc(=S)cc(-c3ccccc3)[nH]2)c1. The number of nitrogens with zero attached hydrogens (tertiary/aromatic N) is 1. The van der Waals surface area contributed by atoms with Crippen LogP contribution in [0, 0.1) is 10.5 Å². The smallest absolute Gasteiger partial charge is 0.139 e. The molecule has 0 radical (unpaired) electrons. The second-order valence-corrected chi connectivity index (χ2v) is 5.84. The zero-order valence-corrected chi connectivity index (χ0v) is 13.2. The fraction of sp³-hybridized carbons (Fsp3) is 0. The van der Waals surface area contributed by atoms with Crippen molar-refractivity contribution >= 4 is 28.1 Å². The van der Waals surface area contributed by atoms with Gasteiger partial charge in [-0.2, -0.15) is 0 Å². The van der Waals surface area contributed by atoms with Crippen LogP contribution in [0.15, 0.2) is 59.1 Å². The number of rotatable bonds is 2. The molecule has 0 fully saturated rings. The lowest BCUT2D eigenvalue weighted by Gasteiger charge is -2.07. The molecule has 0 amide bonds. The molecule has 0 aliphatic carbocycles. The number of benzene rings is 2. The maximum absolute atomic E-state index is 13.5. The summed E-state index contributed by atoms with van der Waals surface area (Å²) in [5.41, 5.74) is 2.50. The standard InChI is InChI=1S/C16H10BrFN2S/c17-12-6-11(7-13(18)8-12)16-19-14(9-15(21)20-16)10-4-2-1-3-5-10/h1-9H,(H,19,20,21). The Morgan fingerprint density at radius 2 is 1.76 bits per heavy atom. The molecular formula is C16H10BrFN2S. The van der Waals surface area contributed by atoms with Gasteiger partial charge in [0.1, 0.15) is 16.3 Å². The lowest BCUT2D eigenvalue weighted by atomic mass is 10.1. The monoisotopic (exact) mass is 360 g/mol. The van der Waals surface area contributed by atoms with E-state index in [1.807, 2.05) is 30.3 Å². The Hall–Kier alpha value is -1.85. The summed E-state index contributed by atoms with van der Waals surface area (Å²) in [6.07, 6.45) is 0. The first-order valence-corrected chi connectivity index (χ1v) is 7.45. The number of aromatic nitrogens is 2. The molecule has 2 nitrogen and oxygen atoms in total. The van der Waals surface area contributed by atoms with Gasteiger partial charge >= 0.3 is 0 Å². The van der Waals surface area contributed by atoms with Crippen LogP contribution in [0.3, 0.4) is 0 Å². The molecule has 0 saturated heterocycles. The maximum atomic E-state index is 13.5. The van der Waals surface area contributed by atoms with Gasteiger partial charge in [0.2, 0.25) is 0 Å². The molecule has 0 spiro atoms. The normalized spacial score (nSPS) is 10.6. The largest absolute Gasteiger partial charge is 0.339 e. The molecular weight excluding hydrogens is 351 g/mol. The van der Waals surface area contributed by atoms with Crippen molar-refractivity contribution in [3.8, 4) is 22.6 Å². The van der Waals surface area contributed by atoms with Crippen LogP contribution in [0.25, 0.3) is 22.6 Å². The van der Waals surface area contributed by atoms with E-state index in [2.05, 4.69) is 25.9 Å². The van der Waals surface area contributed by atoms with Crippen molar-refractivity contribution in [1.82, 2.24) is 9.97 Å². The summed E-state index contributed by atoms with van der Waals surface area (Å²) in [6, 6.07) is 16.2. The molecule has 2 aromatic carbocycles. The van der Waals surface area contributed by atoms with E-state index in [9.17, 15) is 4.39 Å². The van der Waals surface area contributed by atoms with Gasteiger partial charge < -0.3 is 4.98 Å². The molecule has 0 unspecified atom stereocenters. The minimum Gasteiger partial charge on any atom is -0.339 e. The molecule has 1 heterocycles. The van der Waals surface area contributed by atoms with Crippen LogP contribution in [0.1, 0.15) is 0 Å². The van der Waals surface area contributed by atoms with E-state index in [1.165, 1.54) is 12.1 Å². The molecule has 0 aliphatic heterocycles. The Balaban J connectivity index is 2.16. The van der Waals surface area contributed by atoms with Gasteiger partial charge in [0.25, 0.3) is 0 Å². The maximum Gasteiger partial charge on any atom is 0.139 e. The second kappa shape index (κ2) is 5.87. The van der Waals surface area contributed by atoms with Crippen LogP contribution in [-0.4, -0.2) is 9.97 Å². The molecule has 104 valence electrons. The summed E-state index contributed by atoms with van der Waals surface area (Å²) < 4.78 is 14.7. The third-order valence-electron chi connectivity index (χ3n) is 2.96. The molecule has 3 aromatic rings. The topological polar surface area (TPSA) is 28.7 Å². The summed E-state index contributed by atoms with van der Waals surface area (Å²) in [5, 5.41) is 0. The van der Waals surface area contributed by atoms with Gasteiger partial charge in [-0.1, -0.05) is 58.5 Å². The van der Waals surface area contributed by atoms with Gasteiger partial charge in [-0.15, -0.1) is 0 Å². The van der Waals surface area contributed by atoms with Gasteiger partial charge in [0, 0.05) is 15.7 Å². The molecule has 0 saturated carbocycles. The van der Waals surface area contributed by atoms with Crippen molar-refractivity contribution in [3.63, 3.8) is 0 Å². The summed E-state index contributed by atoms with van der Waals surface area (Å²) in [6.45, 7) is 0. The molecule has 3 rings (SSSR count). The first-order valence-electron chi connectivity index (χ1n) is 6.25. The highest BCUT2D eigenvalue weighted by atomic mass is 79.9. The van der Waals surface area contributed by atoms with Crippen molar-refractivity contribution in [1.29, 1.82) is 0 Å². The highest BCUT2D eigenvalue weighted by Gasteiger charge is 2.06. The van der Waals surface area contributed by atoms with Crippen LogP contribution in [0.4, 0.5) is 4.39 Å². The summed E-state index contributed by atoms with van der Waals surface area (Å²) in [4.78, 5) is 7.49. The molecule has 1 aromatic heterocycles. The van der Waals surface area contributed by atoms with Gasteiger partial charge in [0.15, 0.2) is 0 Å². The first-order chi connectivity index (χ1) is 10.1. The Labute approximate surface area is 134 Å². The van der Waals surface area contributed by atoms with Crippen LogP contribution in [0.2, 0.25) is 0 Å². The quantitative estimate of drug-likeness (QED) is 0.622. The fourth-order valence-corrected chi connectivity index (χ4v) is 2.73. The number of aromatic amines is 1. The number of nitrogens with one attached hydrogen (secondary N) is 1. The van der Waals surface area contributed by atoms with E-state index in [4.69, 9.17) is 12.2 Å². The van der Waals surface area contributed by atoms with Gasteiger partial charge in [0.05, 0.1) is 0 Å². The van der Waals surface area contributed by atoms with Crippen molar-refractivity contribution in [3.05, 3.63) is 69.5 Å². The zero-order valence-electron chi connectivity index (χ0n) is 10.8. The third-order valence-corrected chi connectivity index (χ3v) is 3.63. The van der Waals surface area contributed by atoms with E-state index < -0.39 is 0 Å². The van der Waals surface area contributed by atoms with Crippen LogP contribution in [0.5, 0.6) is 0 Å². The highest BCUT2D eigenvalue weighted by Crippen LogP contribution is 2.24. The Kier molecular flexibility index (Phi) is 3.94. The lowest BCUT2D eigenvalue weighted by molar-refractivity contribution is 0.627. The predicted octanol–water partition coefficient (Wildman–Crippen LogP) is 5.37. The van der Waals surface area contributed by atoms with Crippen molar-refractivity contribution in [2.24, 2.45) is 0 Å². The van der Waals surface area contributed by atoms with Gasteiger partial charge in [-0.05, 0) is 29.8 Å². The Morgan fingerprint density at radius 3 is 2.48 bits per heavy atom. The average molecular weight is 361 g/mol. The number of hydrogen-bond donors (Lipinski definition) is 1. The van der Waals surface area contributed by atoms with E-state index in [-0.39, 0.29) is 5.82 Å². The molecule has 21 heavy (non-hydrogen) atoms. The third kappa shape index (κ3) is 3.25. The molecule has 0 bridgehead atoms. The van der Waals surface area contributed by atoms with Gasteiger partial charge in [-0.3, -0.25) is 0 Å². The van der Waals surface area contributed by atoms with Crippen molar-refractivity contribution in [2.45, 2.75) is 0 Å². The average Bonchev–Trinajstić information content (AvgIpc) is 2.46. The summed E-state index contributed by atoms with van der Waals surface area (Å²) >= 11 is 8.50. The number of H-pyrrole nitrogens is 1. The Bertz CT molecular complexity index is 826. The summed E-state index contributed by atoms with van der Waals surface area (Å²) in [5.74, 6) is 0.215. The number of halogens is 2. The van der Waals surface area contributed by atoms with E-state index >= 15 is 0 Å². The van der Waals surface area contributed by atoms with Crippen molar-refractivity contribution in [2.75, 3.05) is 0 Å². The zero-order chi connectivity index (χ0) is 14.8. The highest BCUT2D eigenvalue weighted by molar-refractivity contribution is 9.10. The summed E-state index contributed by atoms with van der Waals surface area (Å²) in [7, 11) is 0. The minimum atomic E-state index is -0.328. The number of hydrogen-bond acceptors (Lipinski definition) is 2. The van der Waals surface area contributed by atoms with Crippen LogP contribution >= 0.6 is 28.1 Å². The van der Waals surface area contributed by atoms with E-state index in [0.29, 0.717) is 20.5 Å². The van der Waals surface area contributed by atoms with E-state index in [0.717, 1.165) is 11.3 Å². The van der Waals surface area contributed by atoms with E-state index in [1.54, 1.807) is 12.1 Å². The molecule has 1 N–H and O–H groups in total. The fourth-order valence-electron chi connectivity index (χ4n) is 2.06. The lowest BCUT2D eigenvalue weighted by Crippen LogP contribution is -1.93. The second-order valence-electron chi connectivity index (χ2n) is 4.51. The van der Waals surface area contributed by atoms with Crippen molar-refractivity contribution < 1.29 is 4.39 Å².